The quantitative estimate of drug-likeness (QED) is 0.772. The number of nitrogens with zero attached hydrogens (tertiary/aromatic N) is 2. The Hall–Kier alpha value is -1.36. The molecule has 0 spiro atoms. The van der Waals surface area contributed by atoms with Crippen molar-refractivity contribution in [2.75, 3.05) is 6.61 Å². The summed E-state index contributed by atoms with van der Waals surface area (Å²) in [7, 11) is 0. The molecule has 1 atom stereocenters. The lowest BCUT2D eigenvalue weighted by Crippen LogP contribution is -2.18. The van der Waals surface area contributed by atoms with Crippen LogP contribution in [-0.2, 0) is 22.5 Å². The van der Waals surface area contributed by atoms with E-state index >= 15 is 0 Å². The van der Waals surface area contributed by atoms with Crippen LogP contribution in [0.2, 0.25) is 0 Å². The molecule has 16 heavy (non-hydrogen) atoms. The molecular formula is C11H16N2O3. The van der Waals surface area contributed by atoms with Crippen molar-refractivity contribution in [3.8, 4) is 0 Å². The number of aliphatic hydroxyl groups is 1. The molecule has 5 nitrogen and oxygen atoms in total. The molecule has 0 saturated carbocycles. The van der Waals surface area contributed by atoms with Gasteiger partial charge in [0.05, 0.1) is 18.9 Å². The van der Waals surface area contributed by atoms with Gasteiger partial charge in [-0.3, -0.25) is 9.48 Å². The monoisotopic (exact) mass is 224 g/mol. The van der Waals surface area contributed by atoms with E-state index in [1.165, 1.54) is 0 Å². The lowest BCUT2D eigenvalue weighted by molar-refractivity contribution is -0.144. The lowest BCUT2D eigenvalue weighted by atomic mass is 9.95. The number of hydrogen-bond acceptors (Lipinski definition) is 4. The highest BCUT2D eigenvalue weighted by Crippen LogP contribution is 2.29. The predicted octanol–water partition coefficient (Wildman–Crippen LogP) is 0.816. The maximum absolute atomic E-state index is 11.3. The molecule has 0 aliphatic heterocycles. The number of carbonyl (C=O) groups excluding carboxylic acids is 1. The summed E-state index contributed by atoms with van der Waals surface area (Å²) in [5, 5.41) is 13.9. The molecule has 2 rings (SSSR count). The van der Waals surface area contributed by atoms with Gasteiger partial charge in [0.25, 0.3) is 0 Å². The third-order valence-corrected chi connectivity index (χ3v) is 2.82. The van der Waals surface area contributed by atoms with Crippen LogP contribution in [0.3, 0.4) is 0 Å². The van der Waals surface area contributed by atoms with Gasteiger partial charge in [0.15, 0.2) is 0 Å². The van der Waals surface area contributed by atoms with Crippen molar-refractivity contribution >= 4 is 5.97 Å². The summed E-state index contributed by atoms with van der Waals surface area (Å²) < 4.78 is 6.51. The molecule has 0 saturated heterocycles. The van der Waals surface area contributed by atoms with Crippen molar-refractivity contribution < 1.29 is 14.6 Å². The van der Waals surface area contributed by atoms with Crippen molar-refractivity contribution in [2.24, 2.45) is 0 Å². The molecule has 0 amide bonds. The summed E-state index contributed by atoms with van der Waals surface area (Å²) in [4.78, 5) is 11.3. The number of carbonyl (C=O) groups is 1. The van der Waals surface area contributed by atoms with Crippen LogP contribution in [0.1, 0.15) is 37.1 Å². The number of aromatic nitrogens is 2. The van der Waals surface area contributed by atoms with E-state index in [4.69, 9.17) is 4.74 Å². The van der Waals surface area contributed by atoms with Crippen LogP contribution in [0.4, 0.5) is 0 Å². The van der Waals surface area contributed by atoms with Gasteiger partial charge in [-0.05, 0) is 26.2 Å². The van der Waals surface area contributed by atoms with Gasteiger partial charge in [0, 0.05) is 11.3 Å². The van der Waals surface area contributed by atoms with Gasteiger partial charge in [-0.1, -0.05) is 0 Å². The minimum Gasteiger partial charge on any atom is -0.465 e. The standard InChI is InChI=1S/C11H16N2O3/c1-2-16-11(15)7-13-9-4-3-5-10(14)8(9)6-12-13/h6,10,14H,2-5,7H2,1H3/t10-/m0/s1. The zero-order chi connectivity index (χ0) is 11.5. The van der Waals surface area contributed by atoms with Gasteiger partial charge in [-0.2, -0.15) is 5.10 Å². The Morgan fingerprint density at radius 3 is 3.31 bits per heavy atom. The van der Waals surface area contributed by atoms with E-state index in [0.29, 0.717) is 6.61 Å². The molecule has 1 aromatic rings. The summed E-state index contributed by atoms with van der Waals surface area (Å²) in [5.74, 6) is -0.284. The first kappa shape index (κ1) is 11.1. The highest BCUT2D eigenvalue weighted by molar-refractivity contribution is 5.69. The summed E-state index contributed by atoms with van der Waals surface area (Å²) in [6.07, 6.45) is 3.80. The molecular weight excluding hydrogens is 208 g/mol. The maximum Gasteiger partial charge on any atom is 0.327 e. The fraction of sp³-hybridized carbons (Fsp3) is 0.636. The van der Waals surface area contributed by atoms with Crippen molar-refractivity contribution in [1.82, 2.24) is 9.78 Å². The SMILES string of the molecule is CCOC(=O)Cn1ncc2c1CCC[C@@H]2O. The van der Waals surface area contributed by atoms with E-state index in [1.807, 2.05) is 0 Å². The minimum absolute atomic E-state index is 0.135. The zero-order valence-corrected chi connectivity index (χ0v) is 9.35. The number of aliphatic hydroxyl groups excluding tert-OH is 1. The van der Waals surface area contributed by atoms with Gasteiger partial charge in [-0.25, -0.2) is 0 Å². The fourth-order valence-electron chi connectivity index (χ4n) is 2.06. The third kappa shape index (κ3) is 2.09. The third-order valence-electron chi connectivity index (χ3n) is 2.82. The van der Waals surface area contributed by atoms with Gasteiger partial charge in [-0.15, -0.1) is 0 Å². The molecule has 0 radical (unpaired) electrons. The van der Waals surface area contributed by atoms with Crippen LogP contribution < -0.4 is 0 Å². The molecule has 0 fully saturated rings. The molecule has 1 aliphatic carbocycles. The molecule has 1 N–H and O–H groups in total. The zero-order valence-electron chi connectivity index (χ0n) is 9.35. The van der Waals surface area contributed by atoms with Crippen molar-refractivity contribution in [3.63, 3.8) is 0 Å². The average Bonchev–Trinajstić information content (AvgIpc) is 2.64. The van der Waals surface area contributed by atoms with E-state index in [2.05, 4.69) is 5.10 Å². The van der Waals surface area contributed by atoms with Crippen molar-refractivity contribution in [3.05, 3.63) is 17.5 Å². The second-order valence-electron chi connectivity index (χ2n) is 3.92. The van der Waals surface area contributed by atoms with Crippen LogP contribution in [0.5, 0.6) is 0 Å². The van der Waals surface area contributed by atoms with Crippen molar-refractivity contribution in [1.29, 1.82) is 0 Å². The van der Waals surface area contributed by atoms with E-state index in [0.717, 1.165) is 30.5 Å². The summed E-state index contributed by atoms with van der Waals surface area (Å²) in [6, 6.07) is 0. The van der Waals surface area contributed by atoms with Crippen LogP contribution in [0, 0.1) is 0 Å². The first-order valence-corrected chi connectivity index (χ1v) is 5.60. The number of hydrogen-bond donors (Lipinski definition) is 1. The Balaban J connectivity index is 2.14. The van der Waals surface area contributed by atoms with Gasteiger partial charge >= 0.3 is 5.97 Å². The molecule has 1 heterocycles. The topological polar surface area (TPSA) is 64.4 Å². The van der Waals surface area contributed by atoms with Gasteiger partial charge < -0.3 is 9.84 Å². The fourth-order valence-corrected chi connectivity index (χ4v) is 2.06. The van der Waals surface area contributed by atoms with Crippen LogP contribution in [0.25, 0.3) is 0 Å². The number of ether oxygens (including phenoxy) is 1. The predicted molar refractivity (Wildman–Crippen MR) is 56.8 cm³/mol. The highest BCUT2D eigenvalue weighted by atomic mass is 16.5. The lowest BCUT2D eigenvalue weighted by Gasteiger charge is -2.18. The van der Waals surface area contributed by atoms with E-state index in [1.54, 1.807) is 17.8 Å². The number of fused-ring (bicyclic) bond motifs is 1. The van der Waals surface area contributed by atoms with E-state index in [9.17, 15) is 9.90 Å². The highest BCUT2D eigenvalue weighted by Gasteiger charge is 2.23. The Bertz CT molecular complexity index is 387. The second kappa shape index (κ2) is 4.65. The summed E-state index contributed by atoms with van der Waals surface area (Å²) >= 11 is 0. The Morgan fingerprint density at radius 1 is 1.75 bits per heavy atom. The summed E-state index contributed by atoms with van der Waals surface area (Å²) in [5.41, 5.74) is 1.82. The molecule has 1 aromatic heterocycles. The minimum atomic E-state index is -0.431. The van der Waals surface area contributed by atoms with Crippen molar-refractivity contribution in [2.45, 2.75) is 38.8 Å². The molecule has 0 aromatic carbocycles. The number of rotatable bonds is 3. The van der Waals surface area contributed by atoms with Crippen LogP contribution in [-0.4, -0.2) is 27.5 Å². The van der Waals surface area contributed by atoms with E-state index in [-0.39, 0.29) is 12.5 Å². The second-order valence-corrected chi connectivity index (χ2v) is 3.92. The maximum atomic E-state index is 11.3. The number of esters is 1. The largest absolute Gasteiger partial charge is 0.465 e. The Kier molecular flexibility index (Phi) is 3.24. The molecule has 0 bridgehead atoms. The first-order valence-electron chi connectivity index (χ1n) is 5.60. The summed E-state index contributed by atoms with van der Waals surface area (Å²) in [6.45, 7) is 2.29. The normalized spacial score (nSPS) is 19.2. The molecule has 5 heteroatoms. The van der Waals surface area contributed by atoms with E-state index < -0.39 is 6.10 Å². The molecule has 88 valence electrons. The Morgan fingerprint density at radius 2 is 2.56 bits per heavy atom. The average molecular weight is 224 g/mol. The van der Waals surface area contributed by atoms with Gasteiger partial charge in [0.1, 0.15) is 6.54 Å². The molecule has 0 unspecified atom stereocenters. The first-order chi connectivity index (χ1) is 7.72. The molecule has 1 aliphatic rings. The van der Waals surface area contributed by atoms with Crippen LogP contribution >= 0.6 is 0 Å². The van der Waals surface area contributed by atoms with Crippen LogP contribution in [0.15, 0.2) is 6.20 Å². The smallest absolute Gasteiger partial charge is 0.327 e. The van der Waals surface area contributed by atoms with Gasteiger partial charge in [0.2, 0.25) is 0 Å². The Labute approximate surface area is 94.0 Å².